The van der Waals surface area contributed by atoms with Gasteiger partial charge in [-0.15, -0.1) is 0 Å². The summed E-state index contributed by atoms with van der Waals surface area (Å²) in [4.78, 5) is 1.89. The largest absolute Gasteiger partial charge is 0.495 e. The molecule has 1 fully saturated rings. The van der Waals surface area contributed by atoms with Crippen molar-refractivity contribution in [1.29, 1.82) is 0 Å². The van der Waals surface area contributed by atoms with Crippen LogP contribution >= 0.6 is 12.2 Å². The normalized spacial score (nSPS) is 15.3. The van der Waals surface area contributed by atoms with Gasteiger partial charge in [-0.3, -0.25) is 0 Å². The van der Waals surface area contributed by atoms with Crippen LogP contribution in [0.15, 0.2) is 24.3 Å². The van der Waals surface area contributed by atoms with Crippen molar-refractivity contribution in [3.63, 3.8) is 0 Å². The van der Waals surface area contributed by atoms with Gasteiger partial charge in [0.2, 0.25) is 0 Å². The summed E-state index contributed by atoms with van der Waals surface area (Å²) in [6, 6.07) is 7.64. The first-order valence-corrected chi connectivity index (χ1v) is 6.50. The van der Waals surface area contributed by atoms with Crippen molar-refractivity contribution in [1.82, 2.24) is 4.90 Å². The molecule has 0 unspecified atom stereocenters. The van der Waals surface area contributed by atoms with Gasteiger partial charge in [-0.2, -0.15) is 0 Å². The number of rotatable bonds is 4. The summed E-state index contributed by atoms with van der Waals surface area (Å²) in [5.74, 6) is 0.756. The number of hydrogen-bond donors (Lipinski definition) is 1. The monoisotopic (exact) mass is 282 g/mol. The zero-order valence-electron chi connectivity index (χ0n) is 11.1. The Hall–Kier alpha value is -1.37. The minimum absolute atomic E-state index is 0.206. The highest BCUT2D eigenvalue weighted by Crippen LogP contribution is 2.23. The fraction of sp³-hybridized carbons (Fsp3) is 0.462. The van der Waals surface area contributed by atoms with Crippen LogP contribution in [-0.4, -0.2) is 50.2 Å². The fourth-order valence-electron chi connectivity index (χ4n) is 1.78. The molecule has 0 spiro atoms. The van der Waals surface area contributed by atoms with Crippen LogP contribution in [0.25, 0.3) is 0 Å². The Morgan fingerprint density at radius 1 is 1.42 bits per heavy atom. The molecule has 0 aromatic heterocycles. The number of thiocarbonyl (C=S) groups is 1. The van der Waals surface area contributed by atoms with Crippen molar-refractivity contribution >= 4 is 23.0 Å². The lowest BCUT2D eigenvalue weighted by molar-refractivity contribution is -0.0495. The van der Waals surface area contributed by atoms with E-state index in [-0.39, 0.29) is 6.29 Å². The number of nitrogens with one attached hydrogen (secondary N) is 1. The van der Waals surface area contributed by atoms with Crippen molar-refractivity contribution in [2.75, 3.05) is 39.2 Å². The number of hydrogen-bond acceptors (Lipinski definition) is 4. The van der Waals surface area contributed by atoms with Gasteiger partial charge in [0.05, 0.1) is 32.6 Å². The van der Waals surface area contributed by atoms with Gasteiger partial charge in [0.1, 0.15) is 5.75 Å². The molecule has 0 radical (unpaired) electrons. The number of nitrogens with zero attached hydrogens (tertiary/aromatic N) is 1. The summed E-state index contributed by atoms with van der Waals surface area (Å²) in [5, 5.41) is 3.76. The summed E-state index contributed by atoms with van der Waals surface area (Å²) in [6.07, 6.45) is -0.206. The van der Waals surface area contributed by atoms with E-state index in [9.17, 15) is 0 Å². The van der Waals surface area contributed by atoms with Crippen LogP contribution in [0.4, 0.5) is 5.69 Å². The van der Waals surface area contributed by atoms with E-state index in [4.69, 9.17) is 26.4 Å². The Kier molecular flexibility index (Phi) is 4.95. The Morgan fingerprint density at radius 2 is 2.11 bits per heavy atom. The lowest BCUT2D eigenvalue weighted by atomic mass is 10.3. The summed E-state index contributed by atoms with van der Waals surface area (Å²) >= 11 is 5.35. The quantitative estimate of drug-likeness (QED) is 0.848. The van der Waals surface area contributed by atoms with Crippen LogP contribution in [0, 0.1) is 0 Å². The van der Waals surface area contributed by atoms with Crippen molar-refractivity contribution in [2.45, 2.75) is 6.29 Å². The molecule has 0 aliphatic carbocycles. The van der Waals surface area contributed by atoms with Crippen molar-refractivity contribution in [3.8, 4) is 5.75 Å². The molecule has 0 atom stereocenters. The molecule has 19 heavy (non-hydrogen) atoms. The second kappa shape index (κ2) is 6.70. The molecule has 104 valence electrons. The molecule has 2 rings (SSSR count). The minimum atomic E-state index is -0.206. The first-order chi connectivity index (χ1) is 9.20. The zero-order valence-corrected chi connectivity index (χ0v) is 11.9. The molecule has 1 N–H and O–H groups in total. The zero-order chi connectivity index (χ0) is 13.7. The van der Waals surface area contributed by atoms with E-state index < -0.39 is 0 Å². The number of anilines is 1. The van der Waals surface area contributed by atoms with Crippen LogP contribution < -0.4 is 10.1 Å². The highest BCUT2D eigenvalue weighted by Gasteiger charge is 2.19. The second-order valence-electron chi connectivity index (χ2n) is 4.18. The highest BCUT2D eigenvalue weighted by molar-refractivity contribution is 7.80. The van der Waals surface area contributed by atoms with Crippen LogP contribution in [-0.2, 0) is 9.47 Å². The van der Waals surface area contributed by atoms with Gasteiger partial charge in [-0.05, 0) is 24.4 Å². The molecular weight excluding hydrogens is 264 g/mol. The summed E-state index contributed by atoms with van der Waals surface area (Å²) < 4.78 is 16.1. The number of benzene rings is 1. The summed E-state index contributed by atoms with van der Waals surface area (Å²) in [5.41, 5.74) is 0.843. The van der Waals surface area contributed by atoms with Crippen molar-refractivity contribution in [2.24, 2.45) is 0 Å². The van der Waals surface area contributed by atoms with Crippen molar-refractivity contribution < 1.29 is 14.2 Å². The molecule has 0 bridgehead atoms. The SMILES string of the molecule is COc1ccccc1NC(=S)N(C)CC1OCCO1. The average molecular weight is 282 g/mol. The van der Waals surface area contributed by atoms with Gasteiger partial charge >= 0.3 is 0 Å². The number of ether oxygens (including phenoxy) is 3. The fourth-order valence-corrected chi connectivity index (χ4v) is 1.96. The molecule has 1 aromatic carbocycles. The maximum atomic E-state index is 5.39. The van der Waals surface area contributed by atoms with Gasteiger partial charge in [0.15, 0.2) is 11.4 Å². The van der Waals surface area contributed by atoms with Gasteiger partial charge in [0.25, 0.3) is 0 Å². The molecule has 1 heterocycles. The molecule has 1 aromatic rings. The van der Waals surface area contributed by atoms with E-state index in [2.05, 4.69) is 5.32 Å². The molecular formula is C13H18N2O3S. The summed E-state index contributed by atoms with van der Waals surface area (Å²) in [6.45, 7) is 1.89. The molecule has 6 heteroatoms. The number of likely N-dealkylation sites (N-methyl/N-ethyl adjacent to an activating group) is 1. The number of para-hydroxylation sites is 2. The van der Waals surface area contributed by atoms with E-state index in [0.717, 1.165) is 11.4 Å². The Bertz CT molecular complexity index is 436. The van der Waals surface area contributed by atoms with E-state index >= 15 is 0 Å². The average Bonchev–Trinajstić information content (AvgIpc) is 2.92. The lowest BCUT2D eigenvalue weighted by Crippen LogP contribution is -2.37. The molecule has 1 saturated heterocycles. The van der Waals surface area contributed by atoms with Crippen LogP contribution in [0.2, 0.25) is 0 Å². The maximum Gasteiger partial charge on any atom is 0.175 e. The predicted molar refractivity (Wildman–Crippen MR) is 77.5 cm³/mol. The van der Waals surface area contributed by atoms with E-state index in [0.29, 0.717) is 24.9 Å². The smallest absolute Gasteiger partial charge is 0.175 e. The third kappa shape index (κ3) is 3.79. The van der Waals surface area contributed by atoms with Gasteiger partial charge in [-0.25, -0.2) is 0 Å². The van der Waals surface area contributed by atoms with E-state index in [1.807, 2.05) is 36.2 Å². The Labute approximate surface area is 118 Å². The standard InChI is InChI=1S/C13H18N2O3S/c1-15(9-12-17-7-8-18-12)13(19)14-10-5-3-4-6-11(10)16-2/h3-6,12H,7-9H2,1-2H3,(H,14,19). The minimum Gasteiger partial charge on any atom is -0.495 e. The van der Waals surface area contributed by atoms with Crippen LogP contribution in [0.1, 0.15) is 0 Å². The topological polar surface area (TPSA) is 43.0 Å². The van der Waals surface area contributed by atoms with Gasteiger partial charge < -0.3 is 24.4 Å². The predicted octanol–water partition coefficient (Wildman–Crippen LogP) is 1.70. The molecule has 0 amide bonds. The van der Waals surface area contributed by atoms with Crippen LogP contribution in [0.5, 0.6) is 5.75 Å². The third-order valence-electron chi connectivity index (χ3n) is 2.81. The number of methoxy groups -OCH3 is 1. The van der Waals surface area contributed by atoms with Gasteiger partial charge in [0, 0.05) is 7.05 Å². The van der Waals surface area contributed by atoms with Gasteiger partial charge in [-0.1, -0.05) is 12.1 Å². The Morgan fingerprint density at radius 3 is 2.79 bits per heavy atom. The lowest BCUT2D eigenvalue weighted by Gasteiger charge is -2.23. The first kappa shape index (κ1) is 14.0. The Balaban J connectivity index is 1.92. The van der Waals surface area contributed by atoms with E-state index in [1.54, 1.807) is 7.11 Å². The van der Waals surface area contributed by atoms with E-state index in [1.165, 1.54) is 0 Å². The molecule has 5 nitrogen and oxygen atoms in total. The first-order valence-electron chi connectivity index (χ1n) is 6.09. The second-order valence-corrected chi connectivity index (χ2v) is 4.57. The van der Waals surface area contributed by atoms with Crippen molar-refractivity contribution in [3.05, 3.63) is 24.3 Å². The summed E-state index contributed by atoms with van der Waals surface area (Å²) in [7, 11) is 3.53. The third-order valence-corrected chi connectivity index (χ3v) is 3.22. The molecule has 1 aliphatic rings. The highest BCUT2D eigenvalue weighted by atomic mass is 32.1. The maximum absolute atomic E-state index is 5.39. The van der Waals surface area contributed by atoms with Crippen LogP contribution in [0.3, 0.4) is 0 Å². The molecule has 0 saturated carbocycles. The molecule has 1 aliphatic heterocycles.